The molecule has 2 aromatic rings. The summed E-state index contributed by atoms with van der Waals surface area (Å²) in [5, 5.41) is 0. The number of benzene rings is 2. The summed E-state index contributed by atoms with van der Waals surface area (Å²) in [4.78, 5) is 4.77. The second kappa shape index (κ2) is 7.03. The standard InChI is InChI=1S/C19H23FN2/c1-21(13-16-7-3-2-4-8-16)18-11-12-22(15-18)14-17-9-5-6-10-19(17)20/h2-10,18H,11-15H2,1H3/t18-/m0/s1. The first-order valence-electron chi connectivity index (χ1n) is 7.92. The third kappa shape index (κ3) is 3.73. The van der Waals surface area contributed by atoms with Crippen molar-refractivity contribution in [2.45, 2.75) is 25.6 Å². The highest BCUT2D eigenvalue weighted by Gasteiger charge is 2.26. The van der Waals surface area contributed by atoms with E-state index in [0.717, 1.165) is 31.6 Å². The Morgan fingerprint density at radius 3 is 2.59 bits per heavy atom. The Hall–Kier alpha value is -1.71. The van der Waals surface area contributed by atoms with E-state index in [2.05, 4.69) is 47.2 Å². The van der Waals surface area contributed by atoms with Crippen molar-refractivity contribution >= 4 is 0 Å². The van der Waals surface area contributed by atoms with E-state index in [9.17, 15) is 4.39 Å². The quantitative estimate of drug-likeness (QED) is 0.833. The minimum absolute atomic E-state index is 0.0939. The molecule has 1 fully saturated rings. The molecule has 1 aliphatic rings. The van der Waals surface area contributed by atoms with Gasteiger partial charge in [-0.3, -0.25) is 9.80 Å². The molecule has 0 bridgehead atoms. The summed E-state index contributed by atoms with van der Waals surface area (Å²) in [7, 11) is 2.18. The molecule has 0 aromatic heterocycles. The van der Waals surface area contributed by atoms with E-state index in [-0.39, 0.29) is 5.82 Å². The fourth-order valence-electron chi connectivity index (χ4n) is 3.18. The lowest BCUT2D eigenvalue weighted by atomic mass is 10.1. The Balaban J connectivity index is 1.55. The van der Waals surface area contributed by atoms with Crippen molar-refractivity contribution in [3.63, 3.8) is 0 Å². The van der Waals surface area contributed by atoms with Gasteiger partial charge in [-0.15, -0.1) is 0 Å². The molecule has 0 unspecified atom stereocenters. The molecule has 0 N–H and O–H groups in total. The fourth-order valence-corrected chi connectivity index (χ4v) is 3.18. The van der Waals surface area contributed by atoms with Crippen LogP contribution in [0, 0.1) is 5.82 Å². The highest BCUT2D eigenvalue weighted by atomic mass is 19.1. The number of nitrogens with zero attached hydrogens (tertiary/aromatic N) is 2. The van der Waals surface area contributed by atoms with Gasteiger partial charge < -0.3 is 0 Å². The van der Waals surface area contributed by atoms with Gasteiger partial charge >= 0.3 is 0 Å². The minimum Gasteiger partial charge on any atom is -0.298 e. The maximum absolute atomic E-state index is 13.7. The van der Waals surface area contributed by atoms with E-state index >= 15 is 0 Å². The van der Waals surface area contributed by atoms with Gasteiger partial charge in [0.05, 0.1) is 0 Å². The van der Waals surface area contributed by atoms with Gasteiger partial charge in [0.2, 0.25) is 0 Å². The van der Waals surface area contributed by atoms with Crippen LogP contribution in [0.3, 0.4) is 0 Å². The third-order valence-corrected chi connectivity index (χ3v) is 4.50. The summed E-state index contributed by atoms with van der Waals surface area (Å²) in [5.41, 5.74) is 2.14. The zero-order valence-electron chi connectivity index (χ0n) is 13.1. The van der Waals surface area contributed by atoms with Gasteiger partial charge in [0.25, 0.3) is 0 Å². The molecule has 1 saturated heterocycles. The summed E-state index contributed by atoms with van der Waals surface area (Å²) < 4.78 is 13.7. The lowest BCUT2D eigenvalue weighted by Crippen LogP contribution is -2.34. The Kier molecular flexibility index (Phi) is 4.86. The number of likely N-dealkylation sites (tertiary alicyclic amines) is 1. The molecule has 0 amide bonds. The van der Waals surface area contributed by atoms with Gasteiger partial charge in [-0.1, -0.05) is 48.5 Å². The Labute approximate surface area is 132 Å². The molecule has 1 heterocycles. The van der Waals surface area contributed by atoms with Crippen LogP contribution in [0.4, 0.5) is 4.39 Å². The summed E-state index contributed by atoms with van der Waals surface area (Å²) in [6.45, 7) is 3.73. The SMILES string of the molecule is CN(Cc1ccccc1)[C@H]1CCN(Cc2ccccc2F)C1. The second-order valence-electron chi connectivity index (χ2n) is 6.17. The molecule has 0 saturated carbocycles. The number of hydrogen-bond acceptors (Lipinski definition) is 2. The highest BCUT2D eigenvalue weighted by molar-refractivity contribution is 5.17. The van der Waals surface area contributed by atoms with Crippen LogP contribution in [0.5, 0.6) is 0 Å². The predicted molar refractivity (Wildman–Crippen MR) is 88.0 cm³/mol. The van der Waals surface area contributed by atoms with Crippen LogP contribution >= 0.6 is 0 Å². The molecule has 2 aromatic carbocycles. The molecule has 1 atom stereocenters. The molecular weight excluding hydrogens is 275 g/mol. The van der Waals surface area contributed by atoms with E-state index in [1.807, 2.05) is 12.1 Å². The first kappa shape index (κ1) is 15.2. The highest BCUT2D eigenvalue weighted by Crippen LogP contribution is 2.19. The van der Waals surface area contributed by atoms with Crippen molar-refractivity contribution in [3.05, 3.63) is 71.5 Å². The van der Waals surface area contributed by atoms with Crippen LogP contribution in [-0.2, 0) is 13.1 Å². The molecule has 116 valence electrons. The van der Waals surface area contributed by atoms with Crippen LogP contribution < -0.4 is 0 Å². The van der Waals surface area contributed by atoms with Crippen LogP contribution in [0.15, 0.2) is 54.6 Å². The van der Waals surface area contributed by atoms with Crippen molar-refractivity contribution in [1.82, 2.24) is 9.80 Å². The van der Waals surface area contributed by atoms with E-state index in [1.54, 1.807) is 12.1 Å². The van der Waals surface area contributed by atoms with Gasteiger partial charge in [0.15, 0.2) is 0 Å². The molecular formula is C19H23FN2. The van der Waals surface area contributed by atoms with Gasteiger partial charge in [-0.25, -0.2) is 4.39 Å². The van der Waals surface area contributed by atoms with E-state index in [1.165, 1.54) is 5.56 Å². The molecule has 1 aliphatic heterocycles. The first-order chi connectivity index (χ1) is 10.7. The molecule has 3 rings (SSSR count). The summed E-state index contributed by atoms with van der Waals surface area (Å²) >= 11 is 0. The lowest BCUT2D eigenvalue weighted by molar-refractivity contribution is 0.222. The van der Waals surface area contributed by atoms with Crippen molar-refractivity contribution in [2.75, 3.05) is 20.1 Å². The topological polar surface area (TPSA) is 6.48 Å². The lowest BCUT2D eigenvalue weighted by Gasteiger charge is -2.25. The van der Waals surface area contributed by atoms with Gasteiger partial charge in [-0.05, 0) is 25.1 Å². The number of hydrogen-bond donors (Lipinski definition) is 0. The van der Waals surface area contributed by atoms with E-state index in [4.69, 9.17) is 0 Å². The van der Waals surface area contributed by atoms with Crippen LogP contribution in [0.25, 0.3) is 0 Å². The van der Waals surface area contributed by atoms with Crippen molar-refractivity contribution in [2.24, 2.45) is 0 Å². The summed E-state index contributed by atoms with van der Waals surface area (Å²) in [6, 6.07) is 18.2. The van der Waals surface area contributed by atoms with Gasteiger partial charge in [0.1, 0.15) is 5.82 Å². The monoisotopic (exact) mass is 298 g/mol. The largest absolute Gasteiger partial charge is 0.298 e. The Morgan fingerprint density at radius 1 is 1.09 bits per heavy atom. The molecule has 0 radical (unpaired) electrons. The third-order valence-electron chi connectivity index (χ3n) is 4.50. The molecule has 2 nitrogen and oxygen atoms in total. The fraction of sp³-hybridized carbons (Fsp3) is 0.368. The first-order valence-corrected chi connectivity index (χ1v) is 7.92. The van der Waals surface area contributed by atoms with E-state index < -0.39 is 0 Å². The predicted octanol–water partition coefficient (Wildman–Crippen LogP) is 3.53. The van der Waals surface area contributed by atoms with Crippen molar-refractivity contribution in [3.8, 4) is 0 Å². The molecule has 0 aliphatic carbocycles. The minimum atomic E-state index is -0.0939. The average molecular weight is 298 g/mol. The zero-order chi connectivity index (χ0) is 15.4. The smallest absolute Gasteiger partial charge is 0.127 e. The van der Waals surface area contributed by atoms with Gasteiger partial charge in [-0.2, -0.15) is 0 Å². The van der Waals surface area contributed by atoms with Crippen molar-refractivity contribution < 1.29 is 4.39 Å². The number of rotatable bonds is 5. The maximum Gasteiger partial charge on any atom is 0.127 e. The molecule has 3 heteroatoms. The Morgan fingerprint density at radius 2 is 1.82 bits per heavy atom. The summed E-state index contributed by atoms with van der Waals surface area (Å²) in [5.74, 6) is -0.0939. The van der Waals surface area contributed by atoms with Crippen LogP contribution in [0.2, 0.25) is 0 Å². The summed E-state index contributed by atoms with van der Waals surface area (Å²) in [6.07, 6.45) is 1.15. The zero-order valence-corrected chi connectivity index (χ0v) is 13.1. The number of likely N-dealkylation sites (N-methyl/N-ethyl adjacent to an activating group) is 1. The second-order valence-corrected chi connectivity index (χ2v) is 6.17. The number of halogens is 1. The normalized spacial score (nSPS) is 19.0. The van der Waals surface area contributed by atoms with Gasteiger partial charge in [0, 0.05) is 37.8 Å². The maximum atomic E-state index is 13.7. The average Bonchev–Trinajstić information content (AvgIpc) is 2.99. The van der Waals surface area contributed by atoms with Crippen LogP contribution in [0.1, 0.15) is 17.5 Å². The molecule has 0 spiro atoms. The molecule has 22 heavy (non-hydrogen) atoms. The van der Waals surface area contributed by atoms with Crippen LogP contribution in [-0.4, -0.2) is 36.0 Å². The van der Waals surface area contributed by atoms with E-state index in [0.29, 0.717) is 12.6 Å². The van der Waals surface area contributed by atoms with Crippen molar-refractivity contribution in [1.29, 1.82) is 0 Å². The Bertz CT molecular complexity index is 599.